The Morgan fingerprint density at radius 3 is 2.57 bits per heavy atom. The molecule has 0 radical (unpaired) electrons. The molecule has 4 aromatic carbocycles. The summed E-state index contributed by atoms with van der Waals surface area (Å²) in [5, 5.41) is 23.9. The van der Waals surface area contributed by atoms with Gasteiger partial charge < -0.3 is 20.0 Å². The molecule has 46 heavy (non-hydrogen) atoms. The topological polar surface area (TPSA) is 101 Å². The van der Waals surface area contributed by atoms with Crippen molar-refractivity contribution in [3.8, 4) is 0 Å². The highest BCUT2D eigenvalue weighted by molar-refractivity contribution is 6.31. The van der Waals surface area contributed by atoms with Crippen LogP contribution in [0.3, 0.4) is 0 Å². The van der Waals surface area contributed by atoms with Crippen LogP contribution in [0.15, 0.2) is 91.0 Å². The van der Waals surface area contributed by atoms with Gasteiger partial charge in [-0.3, -0.25) is 19.3 Å². The lowest BCUT2D eigenvalue weighted by atomic mass is 9.83. The van der Waals surface area contributed by atoms with E-state index in [9.17, 15) is 24.6 Å². The summed E-state index contributed by atoms with van der Waals surface area (Å²) < 4.78 is 0. The van der Waals surface area contributed by atoms with Gasteiger partial charge in [-0.05, 0) is 66.3 Å². The monoisotopic (exact) mass is 635 g/mol. The lowest BCUT2D eigenvalue weighted by Crippen LogP contribution is -2.44. The lowest BCUT2D eigenvalue weighted by molar-refractivity contribution is -0.139. The molecule has 9 heteroatoms. The Labute approximate surface area is 272 Å². The van der Waals surface area contributed by atoms with E-state index in [1.54, 1.807) is 52.0 Å². The molecular weight excluding hydrogens is 602 g/mol. The Kier molecular flexibility index (Phi) is 7.67. The second-order valence-electron chi connectivity index (χ2n) is 12.3. The summed E-state index contributed by atoms with van der Waals surface area (Å²) in [6, 6.07) is 24.1. The van der Waals surface area contributed by atoms with Gasteiger partial charge in [0, 0.05) is 40.5 Å². The van der Waals surface area contributed by atoms with E-state index in [-0.39, 0.29) is 37.4 Å². The summed E-state index contributed by atoms with van der Waals surface area (Å²) in [5.41, 5.74) is 2.16. The van der Waals surface area contributed by atoms with Crippen molar-refractivity contribution in [2.24, 2.45) is 5.92 Å². The van der Waals surface area contributed by atoms with Gasteiger partial charge in [0.05, 0.1) is 36.1 Å². The number of rotatable bonds is 8. The number of amides is 3. The summed E-state index contributed by atoms with van der Waals surface area (Å²) in [5.74, 6) is -1.30. The molecule has 8 nitrogen and oxygen atoms in total. The number of carbonyl (C=O) groups is 3. The van der Waals surface area contributed by atoms with E-state index >= 15 is 0 Å². The van der Waals surface area contributed by atoms with Crippen molar-refractivity contribution in [1.29, 1.82) is 0 Å². The van der Waals surface area contributed by atoms with Crippen LogP contribution in [-0.4, -0.2) is 52.0 Å². The quantitative estimate of drug-likeness (QED) is 0.228. The number of nitrogens with zero attached hydrogens (tertiary/aromatic N) is 3. The van der Waals surface area contributed by atoms with Crippen LogP contribution < -0.4 is 9.80 Å². The zero-order chi connectivity index (χ0) is 32.2. The first kappa shape index (κ1) is 30.2. The van der Waals surface area contributed by atoms with E-state index in [0.717, 1.165) is 40.6 Å². The molecule has 0 saturated carbocycles. The van der Waals surface area contributed by atoms with Gasteiger partial charge in [0.15, 0.2) is 5.60 Å². The number of fused-ring (bicyclic) bond motifs is 1. The van der Waals surface area contributed by atoms with Crippen molar-refractivity contribution in [2.75, 3.05) is 23.0 Å². The maximum atomic E-state index is 14.0. The van der Waals surface area contributed by atoms with Crippen LogP contribution >= 0.6 is 11.6 Å². The van der Waals surface area contributed by atoms with Crippen molar-refractivity contribution < 1.29 is 24.6 Å². The van der Waals surface area contributed by atoms with Crippen LogP contribution in [0.1, 0.15) is 47.7 Å². The average Bonchev–Trinajstić information content (AvgIpc) is 3.72. The Bertz CT molecular complexity index is 1900. The number of carbonyl (C=O) groups excluding carboxylic acids is 3. The summed E-state index contributed by atoms with van der Waals surface area (Å²) >= 11 is 6.35. The highest BCUT2D eigenvalue weighted by Crippen LogP contribution is 2.47. The van der Waals surface area contributed by atoms with E-state index in [0.29, 0.717) is 28.4 Å². The Balaban J connectivity index is 1.11. The molecule has 3 heterocycles. The van der Waals surface area contributed by atoms with Gasteiger partial charge in [0.25, 0.3) is 11.8 Å². The predicted molar refractivity (Wildman–Crippen MR) is 178 cm³/mol. The number of halogens is 1. The van der Waals surface area contributed by atoms with Gasteiger partial charge in [0.2, 0.25) is 5.91 Å². The van der Waals surface area contributed by atoms with Crippen LogP contribution in [0.25, 0.3) is 10.8 Å². The van der Waals surface area contributed by atoms with E-state index < -0.39 is 17.4 Å². The van der Waals surface area contributed by atoms with E-state index in [1.807, 2.05) is 60.7 Å². The summed E-state index contributed by atoms with van der Waals surface area (Å²) in [4.78, 5) is 45.2. The Morgan fingerprint density at radius 1 is 1.04 bits per heavy atom. The maximum Gasteiger partial charge on any atom is 0.264 e. The third kappa shape index (κ3) is 4.80. The van der Waals surface area contributed by atoms with Gasteiger partial charge in [-0.15, -0.1) is 0 Å². The molecule has 0 unspecified atom stereocenters. The molecular formula is C37H34ClN3O5. The number of aliphatic hydroxyl groups is 2. The minimum Gasteiger partial charge on any atom is -0.394 e. The molecule has 1 fully saturated rings. The molecule has 3 aliphatic rings. The largest absolute Gasteiger partial charge is 0.394 e. The van der Waals surface area contributed by atoms with Crippen LogP contribution in [0.4, 0.5) is 17.1 Å². The molecule has 0 aromatic heterocycles. The summed E-state index contributed by atoms with van der Waals surface area (Å²) in [6.45, 7) is 2.51. The van der Waals surface area contributed by atoms with E-state index in [4.69, 9.17) is 11.6 Å². The first-order valence-electron chi connectivity index (χ1n) is 15.6. The normalized spacial score (nSPS) is 21.2. The molecule has 3 aliphatic heterocycles. The van der Waals surface area contributed by atoms with Crippen molar-refractivity contribution in [2.45, 2.75) is 44.4 Å². The number of likely N-dealkylation sites (tertiary alicyclic amines) is 1. The standard InChI is InChI=1S/C37H34ClN3O5/c1-23(6-2-12-33(43)39-19-5-9-28(39)22-42)37(46)30-20-26(38)15-18-31(30)40(36(37)45)21-24-13-16-27(17-14-24)41-32-11-4-8-25-7-3-10-29(34(25)32)35(41)44/h2-4,6-8,10-11,13-18,20,23,28,42,46H,5,9,12,19,21-22H2,1H3/b6-2+/t23-,28+,37+/m1/s1. The molecule has 2 N–H and O–H groups in total. The Morgan fingerprint density at radius 2 is 1.80 bits per heavy atom. The predicted octanol–water partition coefficient (Wildman–Crippen LogP) is 6.09. The molecule has 234 valence electrons. The zero-order valence-corrected chi connectivity index (χ0v) is 26.2. The number of benzene rings is 4. The highest BCUT2D eigenvalue weighted by Gasteiger charge is 2.52. The van der Waals surface area contributed by atoms with Crippen LogP contribution in [0.2, 0.25) is 5.02 Å². The summed E-state index contributed by atoms with van der Waals surface area (Å²) in [6.07, 6.45) is 5.16. The van der Waals surface area contributed by atoms with E-state index in [1.165, 1.54) is 0 Å². The number of hydrogen-bond donors (Lipinski definition) is 2. The van der Waals surface area contributed by atoms with Crippen LogP contribution in [-0.2, 0) is 21.7 Å². The fourth-order valence-corrected chi connectivity index (χ4v) is 7.34. The summed E-state index contributed by atoms with van der Waals surface area (Å²) in [7, 11) is 0. The Hall–Kier alpha value is -4.50. The molecule has 3 amide bonds. The number of anilines is 3. The first-order chi connectivity index (χ1) is 22.2. The average molecular weight is 636 g/mol. The zero-order valence-electron chi connectivity index (χ0n) is 25.4. The van der Waals surface area contributed by atoms with Gasteiger partial charge in [0.1, 0.15) is 0 Å². The molecule has 1 saturated heterocycles. The lowest BCUT2D eigenvalue weighted by Gasteiger charge is -2.28. The number of aliphatic hydroxyl groups excluding tert-OH is 1. The molecule has 7 rings (SSSR count). The molecule has 0 bridgehead atoms. The highest BCUT2D eigenvalue weighted by atomic mass is 35.5. The second-order valence-corrected chi connectivity index (χ2v) is 12.7. The molecule has 0 spiro atoms. The third-order valence-corrected chi connectivity index (χ3v) is 9.84. The van der Waals surface area contributed by atoms with E-state index in [2.05, 4.69) is 0 Å². The van der Waals surface area contributed by atoms with Gasteiger partial charge in [-0.25, -0.2) is 0 Å². The fourth-order valence-electron chi connectivity index (χ4n) is 7.16. The maximum absolute atomic E-state index is 14.0. The van der Waals surface area contributed by atoms with Crippen molar-refractivity contribution in [3.63, 3.8) is 0 Å². The minimum atomic E-state index is -1.88. The first-order valence-corrected chi connectivity index (χ1v) is 16.0. The minimum absolute atomic E-state index is 0.0582. The molecule has 0 aliphatic carbocycles. The van der Waals surface area contributed by atoms with Crippen LogP contribution in [0.5, 0.6) is 0 Å². The molecule has 4 aromatic rings. The fraction of sp³-hybridized carbons (Fsp3) is 0.270. The molecule has 3 atom stereocenters. The van der Waals surface area contributed by atoms with Crippen molar-refractivity contribution in [3.05, 3.63) is 113 Å². The van der Waals surface area contributed by atoms with Gasteiger partial charge >= 0.3 is 0 Å². The van der Waals surface area contributed by atoms with Gasteiger partial charge in [-0.2, -0.15) is 0 Å². The van der Waals surface area contributed by atoms with Gasteiger partial charge in [-0.1, -0.05) is 67.1 Å². The second kappa shape index (κ2) is 11.7. The van der Waals surface area contributed by atoms with Crippen molar-refractivity contribution in [1.82, 2.24) is 4.90 Å². The smallest absolute Gasteiger partial charge is 0.264 e. The van der Waals surface area contributed by atoms with Crippen LogP contribution in [0, 0.1) is 5.92 Å². The number of hydrogen-bond acceptors (Lipinski definition) is 5. The third-order valence-electron chi connectivity index (χ3n) is 9.61. The van der Waals surface area contributed by atoms with Crippen molar-refractivity contribution >= 4 is 57.2 Å². The SMILES string of the molecule is C[C@H](/C=C/CC(=O)N1CCC[C@H]1CO)[C@@]1(O)C(=O)N(Cc2ccc(N3C(=O)c4cccc5cccc3c45)cc2)c2ccc(Cl)cc21.